The third-order valence-electron chi connectivity index (χ3n) is 0.818. The monoisotopic (exact) mass is 178 g/mol. The first-order valence-corrected chi connectivity index (χ1v) is 3.95. The van der Waals surface area contributed by atoms with Crippen molar-refractivity contribution in [1.82, 2.24) is 5.32 Å². The summed E-state index contributed by atoms with van der Waals surface area (Å²) >= 11 is 4.64. The number of nitrogens with two attached hydrogens (primary N) is 1. The van der Waals surface area contributed by atoms with Gasteiger partial charge in [-0.25, -0.2) is 0 Å². The van der Waals surface area contributed by atoms with Crippen LogP contribution in [0.5, 0.6) is 0 Å². The first kappa shape index (κ1) is 13.1. The van der Waals surface area contributed by atoms with Crippen LogP contribution in [0.1, 0.15) is 6.92 Å². The van der Waals surface area contributed by atoms with Gasteiger partial charge in [0.25, 0.3) is 0 Å². The Morgan fingerprint density at radius 3 is 2.36 bits per heavy atom. The molecule has 0 aliphatic heterocycles. The van der Waals surface area contributed by atoms with Gasteiger partial charge in [-0.2, -0.15) is 0 Å². The number of hydrogen-bond acceptors (Lipinski definition) is 2. The van der Waals surface area contributed by atoms with Crippen molar-refractivity contribution in [1.29, 1.82) is 0 Å². The van der Waals surface area contributed by atoms with Crippen LogP contribution in [0.15, 0.2) is 12.2 Å². The molecule has 0 aliphatic rings. The van der Waals surface area contributed by atoms with E-state index >= 15 is 0 Å². The zero-order chi connectivity index (χ0) is 9.28. The van der Waals surface area contributed by atoms with E-state index in [1.54, 1.807) is 6.92 Å². The minimum absolute atomic E-state index is 0.125. The van der Waals surface area contributed by atoms with Crippen LogP contribution in [0.3, 0.4) is 0 Å². The summed E-state index contributed by atoms with van der Waals surface area (Å²) in [5.41, 5.74) is 5.65. The maximum absolute atomic E-state index is 10.6. The summed E-state index contributed by atoms with van der Waals surface area (Å²) in [6.45, 7) is 6.10. The minimum Gasteiger partial charge on any atom is -0.351 e. The van der Waals surface area contributed by atoms with Crippen LogP contribution in [-0.4, -0.2) is 25.4 Å². The van der Waals surface area contributed by atoms with E-state index in [-0.39, 0.29) is 5.91 Å². The molecule has 0 aromatic rings. The zero-order valence-corrected chi connectivity index (χ0v) is 7.74. The average Bonchev–Trinajstić information content (AvgIpc) is 2.03. The number of nitrogens with one attached hydrogen (secondary N) is 1. The van der Waals surface area contributed by atoms with Crippen molar-refractivity contribution in [2.45, 2.75) is 6.92 Å². The third-order valence-corrected chi connectivity index (χ3v) is 0.818. The molecule has 66 valence electrons. The summed E-state index contributed by atoms with van der Waals surface area (Å²) in [5, 5.41) is 2.57. The molecule has 0 aromatic heterocycles. The SMILES string of the molecule is C=C(C)C(=O)NCCN.CCl. The Hall–Kier alpha value is -0.540. The molecule has 0 heterocycles. The first-order valence-electron chi connectivity index (χ1n) is 3.20. The van der Waals surface area contributed by atoms with Crippen LogP contribution in [0.25, 0.3) is 0 Å². The van der Waals surface area contributed by atoms with Gasteiger partial charge in [-0.3, -0.25) is 4.79 Å². The molecule has 11 heavy (non-hydrogen) atoms. The van der Waals surface area contributed by atoms with Crippen molar-refractivity contribution in [3.8, 4) is 0 Å². The predicted molar refractivity (Wildman–Crippen MR) is 48.7 cm³/mol. The van der Waals surface area contributed by atoms with Crippen LogP contribution in [0.2, 0.25) is 0 Å². The van der Waals surface area contributed by atoms with Gasteiger partial charge in [0, 0.05) is 25.0 Å². The normalized spacial score (nSPS) is 7.64. The fourth-order valence-electron chi connectivity index (χ4n) is 0.337. The molecule has 0 fully saturated rings. The lowest BCUT2D eigenvalue weighted by atomic mass is 10.3. The Bertz CT molecular complexity index is 126. The zero-order valence-electron chi connectivity index (χ0n) is 6.98. The van der Waals surface area contributed by atoms with Crippen LogP contribution < -0.4 is 11.1 Å². The van der Waals surface area contributed by atoms with Gasteiger partial charge in [-0.15, -0.1) is 11.6 Å². The molecular weight excluding hydrogens is 164 g/mol. The van der Waals surface area contributed by atoms with Crippen molar-refractivity contribution < 1.29 is 4.79 Å². The Balaban J connectivity index is 0. The molecule has 0 spiro atoms. The highest BCUT2D eigenvalue weighted by atomic mass is 35.5. The summed E-state index contributed by atoms with van der Waals surface area (Å²) in [5.74, 6) is -0.125. The molecule has 0 unspecified atom stereocenters. The molecule has 0 saturated heterocycles. The Morgan fingerprint density at radius 1 is 1.64 bits per heavy atom. The van der Waals surface area contributed by atoms with E-state index in [0.29, 0.717) is 18.7 Å². The van der Waals surface area contributed by atoms with Gasteiger partial charge < -0.3 is 11.1 Å². The van der Waals surface area contributed by atoms with Crippen molar-refractivity contribution in [2.24, 2.45) is 5.73 Å². The highest BCUT2D eigenvalue weighted by Gasteiger charge is 1.96. The van der Waals surface area contributed by atoms with Gasteiger partial charge in [-0.1, -0.05) is 6.58 Å². The molecular formula is C7H15ClN2O. The summed E-state index contributed by atoms with van der Waals surface area (Å²) in [7, 11) is 0. The quantitative estimate of drug-likeness (QED) is 0.488. The van der Waals surface area contributed by atoms with E-state index in [9.17, 15) is 4.79 Å². The molecule has 0 rings (SSSR count). The minimum atomic E-state index is -0.125. The van der Waals surface area contributed by atoms with Crippen LogP contribution in [0.4, 0.5) is 0 Å². The molecule has 3 N–H and O–H groups in total. The number of halogens is 1. The maximum atomic E-state index is 10.6. The summed E-state index contributed by atoms with van der Waals surface area (Å²) in [4.78, 5) is 10.6. The van der Waals surface area contributed by atoms with E-state index in [1.165, 1.54) is 6.38 Å². The van der Waals surface area contributed by atoms with Crippen molar-refractivity contribution in [3.63, 3.8) is 0 Å². The van der Waals surface area contributed by atoms with Crippen LogP contribution in [0, 0.1) is 0 Å². The second-order valence-corrected chi connectivity index (χ2v) is 1.82. The van der Waals surface area contributed by atoms with Crippen molar-refractivity contribution >= 4 is 17.5 Å². The van der Waals surface area contributed by atoms with E-state index in [4.69, 9.17) is 5.73 Å². The number of alkyl halides is 1. The molecule has 4 heteroatoms. The highest BCUT2D eigenvalue weighted by molar-refractivity contribution is 6.15. The highest BCUT2D eigenvalue weighted by Crippen LogP contribution is 1.82. The van der Waals surface area contributed by atoms with Gasteiger partial charge in [-0.05, 0) is 6.92 Å². The van der Waals surface area contributed by atoms with Gasteiger partial charge in [0.1, 0.15) is 0 Å². The van der Waals surface area contributed by atoms with Crippen LogP contribution >= 0.6 is 11.6 Å². The first-order chi connectivity index (χ1) is 5.18. The fraction of sp³-hybridized carbons (Fsp3) is 0.571. The summed E-state index contributed by atoms with van der Waals surface area (Å²) in [6.07, 6.45) is 1.47. The Labute approximate surface area is 72.6 Å². The van der Waals surface area contributed by atoms with E-state index in [2.05, 4.69) is 23.5 Å². The van der Waals surface area contributed by atoms with Gasteiger partial charge >= 0.3 is 0 Å². The van der Waals surface area contributed by atoms with Gasteiger partial charge in [0.05, 0.1) is 0 Å². The second-order valence-electron chi connectivity index (χ2n) is 1.82. The molecule has 0 saturated carbocycles. The number of carbonyl (C=O) groups excluding carboxylic acids is 1. The molecule has 1 amide bonds. The lowest BCUT2D eigenvalue weighted by molar-refractivity contribution is -0.117. The van der Waals surface area contributed by atoms with E-state index in [1.807, 2.05) is 0 Å². The summed E-state index contributed by atoms with van der Waals surface area (Å²) in [6, 6.07) is 0. The molecule has 0 atom stereocenters. The second kappa shape index (κ2) is 9.46. The number of carbonyl (C=O) groups is 1. The van der Waals surface area contributed by atoms with Crippen molar-refractivity contribution in [3.05, 3.63) is 12.2 Å². The van der Waals surface area contributed by atoms with Gasteiger partial charge in [0.2, 0.25) is 5.91 Å². The number of hydrogen-bond donors (Lipinski definition) is 2. The molecule has 0 bridgehead atoms. The smallest absolute Gasteiger partial charge is 0.246 e. The number of rotatable bonds is 3. The fourth-order valence-corrected chi connectivity index (χ4v) is 0.337. The van der Waals surface area contributed by atoms with E-state index in [0.717, 1.165) is 0 Å². The van der Waals surface area contributed by atoms with E-state index < -0.39 is 0 Å². The standard InChI is InChI=1S/C6H12N2O.CH3Cl/c1-5(2)6(9)8-4-3-7;1-2/h1,3-4,7H2,2H3,(H,8,9);1H3. The van der Waals surface area contributed by atoms with Gasteiger partial charge in [0.15, 0.2) is 0 Å². The van der Waals surface area contributed by atoms with Crippen LogP contribution in [-0.2, 0) is 4.79 Å². The topological polar surface area (TPSA) is 55.1 Å². The largest absolute Gasteiger partial charge is 0.351 e. The predicted octanol–water partition coefficient (Wildman–Crippen LogP) is 0.492. The number of amides is 1. The van der Waals surface area contributed by atoms with Crippen molar-refractivity contribution in [2.75, 3.05) is 19.5 Å². The molecule has 0 aliphatic carbocycles. The Kier molecular flexibility index (Phi) is 11.2. The molecule has 3 nitrogen and oxygen atoms in total. The lowest BCUT2D eigenvalue weighted by Gasteiger charge is -1.99. The Morgan fingerprint density at radius 2 is 2.09 bits per heavy atom. The summed E-state index contributed by atoms with van der Waals surface area (Å²) < 4.78 is 0. The molecule has 0 aromatic carbocycles. The lowest BCUT2D eigenvalue weighted by Crippen LogP contribution is -2.29. The molecule has 0 radical (unpaired) electrons. The average molecular weight is 179 g/mol. The maximum Gasteiger partial charge on any atom is 0.246 e. The third kappa shape index (κ3) is 9.46.